The number of oxime groups is 1. The van der Waals surface area contributed by atoms with Crippen molar-refractivity contribution in [2.24, 2.45) is 22.0 Å². The summed E-state index contributed by atoms with van der Waals surface area (Å²) in [4.78, 5) is 10.4. The van der Waals surface area contributed by atoms with Gasteiger partial charge in [0.15, 0.2) is 0 Å². The Labute approximate surface area is 108 Å². The highest BCUT2D eigenvalue weighted by Gasteiger charge is 2.22. The summed E-state index contributed by atoms with van der Waals surface area (Å²) in [7, 11) is 0. The molecule has 0 aliphatic heterocycles. The molecule has 0 rings (SSSR count). The molecule has 1 amide bonds. The number of nitrogens with one attached hydrogen (secondary N) is 1. The summed E-state index contributed by atoms with van der Waals surface area (Å²) in [5.74, 6) is -0.220. The average Bonchev–Trinajstić information content (AvgIpc) is 2.30. The monoisotopic (exact) mass is 260 g/mol. The molecular weight excluding hydrogens is 236 g/mol. The van der Waals surface area contributed by atoms with Crippen molar-refractivity contribution < 1.29 is 14.7 Å². The van der Waals surface area contributed by atoms with Crippen molar-refractivity contribution in [1.29, 1.82) is 0 Å². The number of ether oxygens (including phenoxy) is 1. The standard InChI is InChI=1S/C11H24N4O3/c1-11(2,10(13)15-17)4-3-5-14-6-7-18-8-9(12)16/h14,17H,3-8H2,1-2H3,(H2,12,16)(H2,13,15). The van der Waals surface area contributed by atoms with Crippen molar-refractivity contribution in [3.05, 3.63) is 0 Å². The first kappa shape index (κ1) is 16.7. The zero-order valence-electron chi connectivity index (χ0n) is 11.1. The zero-order chi connectivity index (χ0) is 14.0. The van der Waals surface area contributed by atoms with Crippen LogP contribution < -0.4 is 16.8 Å². The van der Waals surface area contributed by atoms with Crippen molar-refractivity contribution in [2.75, 3.05) is 26.3 Å². The molecule has 0 aliphatic rings. The Morgan fingerprint density at radius 1 is 1.39 bits per heavy atom. The van der Waals surface area contributed by atoms with Crippen LogP contribution in [0.4, 0.5) is 0 Å². The van der Waals surface area contributed by atoms with Gasteiger partial charge in [0, 0.05) is 12.0 Å². The molecule has 0 aromatic carbocycles. The summed E-state index contributed by atoms with van der Waals surface area (Å²) in [6.07, 6.45) is 1.72. The summed E-state index contributed by atoms with van der Waals surface area (Å²) < 4.78 is 4.99. The number of amides is 1. The maximum absolute atomic E-state index is 10.4. The van der Waals surface area contributed by atoms with E-state index >= 15 is 0 Å². The normalized spacial score (nSPS) is 12.7. The van der Waals surface area contributed by atoms with Gasteiger partial charge in [0.2, 0.25) is 5.91 Å². The summed E-state index contributed by atoms with van der Waals surface area (Å²) in [5.41, 5.74) is 10.2. The van der Waals surface area contributed by atoms with Gasteiger partial charge in [-0.2, -0.15) is 0 Å². The van der Waals surface area contributed by atoms with Gasteiger partial charge in [-0.15, -0.1) is 0 Å². The fraction of sp³-hybridized carbons (Fsp3) is 0.818. The van der Waals surface area contributed by atoms with Crippen molar-refractivity contribution in [2.45, 2.75) is 26.7 Å². The first-order valence-corrected chi connectivity index (χ1v) is 5.95. The molecule has 0 atom stereocenters. The molecule has 0 bridgehead atoms. The molecule has 0 saturated carbocycles. The van der Waals surface area contributed by atoms with E-state index in [4.69, 9.17) is 21.4 Å². The van der Waals surface area contributed by atoms with Crippen LogP contribution in [-0.4, -0.2) is 43.3 Å². The van der Waals surface area contributed by atoms with Gasteiger partial charge in [-0.05, 0) is 19.4 Å². The van der Waals surface area contributed by atoms with Crippen LogP contribution in [-0.2, 0) is 9.53 Å². The molecule has 0 spiro atoms. The molecule has 0 saturated heterocycles. The van der Waals surface area contributed by atoms with E-state index in [1.807, 2.05) is 13.8 Å². The summed E-state index contributed by atoms with van der Waals surface area (Å²) >= 11 is 0. The van der Waals surface area contributed by atoms with Gasteiger partial charge >= 0.3 is 0 Å². The van der Waals surface area contributed by atoms with Gasteiger partial charge in [0.05, 0.1) is 6.61 Å². The lowest BCUT2D eigenvalue weighted by molar-refractivity contribution is -0.122. The molecule has 6 N–H and O–H groups in total. The molecule has 0 fully saturated rings. The van der Waals surface area contributed by atoms with Crippen molar-refractivity contribution in [1.82, 2.24) is 5.32 Å². The second-order valence-corrected chi connectivity index (χ2v) is 4.74. The predicted octanol–water partition coefficient (Wildman–Crippen LogP) is -0.369. The second-order valence-electron chi connectivity index (χ2n) is 4.74. The van der Waals surface area contributed by atoms with Crippen molar-refractivity contribution >= 4 is 11.7 Å². The Morgan fingerprint density at radius 3 is 2.61 bits per heavy atom. The van der Waals surface area contributed by atoms with E-state index in [1.165, 1.54) is 0 Å². The first-order chi connectivity index (χ1) is 8.40. The molecule has 0 unspecified atom stereocenters. The molecule has 0 aromatic rings. The van der Waals surface area contributed by atoms with E-state index in [1.54, 1.807) is 0 Å². The molecule has 0 heterocycles. The smallest absolute Gasteiger partial charge is 0.243 e. The Balaban J connectivity index is 3.49. The lowest BCUT2D eigenvalue weighted by Gasteiger charge is -2.22. The summed E-state index contributed by atoms with van der Waals surface area (Å²) in [6.45, 7) is 5.74. The maximum Gasteiger partial charge on any atom is 0.243 e. The van der Waals surface area contributed by atoms with Gasteiger partial charge in [0.1, 0.15) is 12.4 Å². The number of nitrogens with zero attached hydrogens (tertiary/aromatic N) is 1. The number of nitrogens with two attached hydrogens (primary N) is 2. The van der Waals surface area contributed by atoms with Crippen LogP contribution in [0.1, 0.15) is 26.7 Å². The third kappa shape index (κ3) is 7.86. The molecule has 18 heavy (non-hydrogen) atoms. The second kappa shape index (κ2) is 8.71. The van der Waals surface area contributed by atoms with Crippen LogP contribution >= 0.6 is 0 Å². The van der Waals surface area contributed by atoms with Gasteiger partial charge in [-0.25, -0.2) is 0 Å². The molecular formula is C11H24N4O3. The first-order valence-electron chi connectivity index (χ1n) is 5.95. The van der Waals surface area contributed by atoms with Gasteiger partial charge in [-0.1, -0.05) is 19.0 Å². The molecule has 7 heteroatoms. The van der Waals surface area contributed by atoms with Gasteiger partial charge < -0.3 is 26.7 Å². The van der Waals surface area contributed by atoms with E-state index in [0.717, 1.165) is 19.4 Å². The van der Waals surface area contributed by atoms with Crippen LogP contribution in [0.3, 0.4) is 0 Å². The Bertz CT molecular complexity index is 279. The predicted molar refractivity (Wildman–Crippen MR) is 69.3 cm³/mol. The van der Waals surface area contributed by atoms with Crippen LogP contribution in [0, 0.1) is 5.41 Å². The summed E-state index contributed by atoms with van der Waals surface area (Å²) in [5, 5.41) is 14.8. The third-order valence-electron chi connectivity index (χ3n) is 2.62. The Hall–Kier alpha value is -1.34. The Kier molecular flexibility index (Phi) is 8.06. The van der Waals surface area contributed by atoms with Crippen LogP contribution in [0.25, 0.3) is 0 Å². The molecule has 7 nitrogen and oxygen atoms in total. The molecule has 0 aromatic heterocycles. The topological polar surface area (TPSA) is 123 Å². The highest BCUT2D eigenvalue weighted by atomic mass is 16.5. The SMILES string of the molecule is CC(C)(CCCNCCOCC(N)=O)C(N)=NO. The molecule has 106 valence electrons. The highest BCUT2D eigenvalue weighted by molar-refractivity contribution is 5.85. The maximum atomic E-state index is 10.4. The van der Waals surface area contributed by atoms with E-state index in [9.17, 15) is 4.79 Å². The Morgan fingerprint density at radius 2 is 2.06 bits per heavy atom. The van der Waals surface area contributed by atoms with E-state index in [0.29, 0.717) is 13.2 Å². The number of primary amides is 1. The fourth-order valence-electron chi connectivity index (χ4n) is 1.36. The minimum atomic E-state index is -0.462. The summed E-state index contributed by atoms with van der Waals surface area (Å²) in [6, 6.07) is 0. The number of carbonyl (C=O) groups is 1. The minimum Gasteiger partial charge on any atom is -0.409 e. The largest absolute Gasteiger partial charge is 0.409 e. The molecule has 0 aliphatic carbocycles. The lowest BCUT2D eigenvalue weighted by Crippen LogP contribution is -2.33. The van der Waals surface area contributed by atoms with Crippen LogP contribution in [0.15, 0.2) is 5.16 Å². The van der Waals surface area contributed by atoms with E-state index in [2.05, 4.69) is 10.5 Å². The zero-order valence-corrected chi connectivity index (χ0v) is 11.1. The quantitative estimate of drug-likeness (QED) is 0.140. The number of hydrogen-bond acceptors (Lipinski definition) is 5. The third-order valence-corrected chi connectivity index (χ3v) is 2.62. The minimum absolute atomic E-state index is 0.0434. The highest BCUT2D eigenvalue weighted by Crippen LogP contribution is 2.21. The fourth-order valence-corrected chi connectivity index (χ4v) is 1.36. The number of rotatable bonds is 10. The van der Waals surface area contributed by atoms with Gasteiger partial charge in [-0.3, -0.25) is 4.79 Å². The number of carbonyl (C=O) groups excluding carboxylic acids is 1. The van der Waals surface area contributed by atoms with Gasteiger partial charge in [0.25, 0.3) is 0 Å². The molecule has 0 radical (unpaired) electrons. The van der Waals surface area contributed by atoms with E-state index < -0.39 is 5.91 Å². The average molecular weight is 260 g/mol. The van der Waals surface area contributed by atoms with Crippen LogP contribution in [0.2, 0.25) is 0 Å². The lowest BCUT2D eigenvalue weighted by atomic mass is 9.86. The van der Waals surface area contributed by atoms with Crippen molar-refractivity contribution in [3.63, 3.8) is 0 Å². The van der Waals surface area contributed by atoms with Crippen LogP contribution in [0.5, 0.6) is 0 Å². The number of amidine groups is 1. The van der Waals surface area contributed by atoms with Crippen molar-refractivity contribution in [3.8, 4) is 0 Å². The number of hydrogen-bond donors (Lipinski definition) is 4. The van der Waals surface area contributed by atoms with E-state index in [-0.39, 0.29) is 17.9 Å².